The van der Waals surface area contributed by atoms with Gasteiger partial charge in [0.2, 0.25) is 15.9 Å². The number of sulfonamides is 1. The molecule has 148 valence electrons. The number of carbonyl (C=O) groups is 2. The summed E-state index contributed by atoms with van der Waals surface area (Å²) < 4.78 is 30.4. The molecule has 9 heteroatoms. The minimum Gasteiger partial charge on any atom is -0.495 e. The third-order valence-electron chi connectivity index (χ3n) is 4.40. The Kier molecular flexibility index (Phi) is 5.36. The molecule has 0 unspecified atom stereocenters. The van der Waals surface area contributed by atoms with E-state index in [9.17, 15) is 18.0 Å². The molecule has 2 aromatic rings. The number of hydrogen-bond donors (Lipinski definition) is 1. The van der Waals surface area contributed by atoms with E-state index < -0.39 is 27.8 Å². The van der Waals surface area contributed by atoms with E-state index in [1.165, 1.54) is 25.3 Å². The van der Waals surface area contributed by atoms with Gasteiger partial charge in [0.05, 0.1) is 40.7 Å². The van der Waals surface area contributed by atoms with Crippen LogP contribution in [0.5, 0.6) is 5.75 Å². The maximum absolute atomic E-state index is 12.6. The normalized spacial score (nSPS) is 18.2. The zero-order valence-corrected chi connectivity index (χ0v) is 17.1. The molecule has 1 aliphatic rings. The van der Waals surface area contributed by atoms with Crippen molar-refractivity contribution in [2.45, 2.75) is 13.8 Å². The Morgan fingerprint density at radius 3 is 2.54 bits per heavy atom. The molecular weight excluding hydrogens is 404 g/mol. The van der Waals surface area contributed by atoms with Crippen LogP contribution in [0.2, 0.25) is 5.02 Å². The van der Waals surface area contributed by atoms with Crippen molar-refractivity contribution in [1.29, 1.82) is 0 Å². The van der Waals surface area contributed by atoms with Crippen molar-refractivity contribution >= 4 is 44.8 Å². The van der Waals surface area contributed by atoms with Crippen LogP contribution in [-0.4, -0.2) is 33.1 Å². The molecule has 1 atom stereocenters. The van der Waals surface area contributed by atoms with Gasteiger partial charge in [0.15, 0.2) is 0 Å². The van der Waals surface area contributed by atoms with E-state index in [1.807, 2.05) is 13.0 Å². The minimum atomic E-state index is -3.74. The van der Waals surface area contributed by atoms with Crippen LogP contribution in [0.1, 0.15) is 22.8 Å². The largest absolute Gasteiger partial charge is 0.495 e. The molecule has 28 heavy (non-hydrogen) atoms. The van der Waals surface area contributed by atoms with Crippen molar-refractivity contribution in [2.24, 2.45) is 5.92 Å². The summed E-state index contributed by atoms with van der Waals surface area (Å²) in [6, 6.07) is 9.43. The predicted octanol–water partition coefficient (Wildman–Crippen LogP) is 3.22. The van der Waals surface area contributed by atoms with Crippen molar-refractivity contribution in [1.82, 2.24) is 0 Å². The maximum Gasteiger partial charge on any atom is 0.257 e. The molecular formula is C19H19ClN2O5S. The highest BCUT2D eigenvalue weighted by molar-refractivity contribution is 7.94. The molecule has 1 N–H and O–H groups in total. The molecule has 2 aromatic carbocycles. The van der Waals surface area contributed by atoms with Gasteiger partial charge in [0.25, 0.3) is 5.91 Å². The lowest BCUT2D eigenvalue weighted by Gasteiger charge is -2.17. The summed E-state index contributed by atoms with van der Waals surface area (Å²) >= 11 is 6.23. The van der Waals surface area contributed by atoms with E-state index in [-0.39, 0.29) is 22.0 Å². The Morgan fingerprint density at radius 1 is 1.25 bits per heavy atom. The molecule has 0 bridgehead atoms. The molecule has 0 spiro atoms. The van der Waals surface area contributed by atoms with E-state index in [0.717, 1.165) is 9.87 Å². The minimum absolute atomic E-state index is 0.0316. The smallest absolute Gasteiger partial charge is 0.257 e. The number of aryl methyl sites for hydroxylation is 1. The average molecular weight is 423 g/mol. The Morgan fingerprint density at radius 2 is 1.96 bits per heavy atom. The second kappa shape index (κ2) is 7.44. The molecule has 3 rings (SSSR count). The second-order valence-corrected chi connectivity index (χ2v) is 8.87. The molecule has 7 nitrogen and oxygen atoms in total. The van der Waals surface area contributed by atoms with Crippen LogP contribution in [0.3, 0.4) is 0 Å². The van der Waals surface area contributed by atoms with E-state index in [4.69, 9.17) is 16.3 Å². The first-order valence-electron chi connectivity index (χ1n) is 8.46. The summed E-state index contributed by atoms with van der Waals surface area (Å²) in [6.45, 7) is 3.43. The summed E-state index contributed by atoms with van der Waals surface area (Å²) in [5.74, 6) is -1.38. The quantitative estimate of drug-likeness (QED) is 0.816. The number of benzene rings is 2. The van der Waals surface area contributed by atoms with E-state index in [2.05, 4.69) is 5.32 Å². The lowest BCUT2D eigenvalue weighted by molar-refractivity contribution is -0.119. The summed E-state index contributed by atoms with van der Waals surface area (Å²) in [4.78, 5) is 24.8. The molecule has 1 saturated heterocycles. The number of nitrogens with zero attached hydrogens (tertiary/aromatic N) is 1. The number of methoxy groups -OCH3 is 1. The third-order valence-corrected chi connectivity index (χ3v) is 6.58. The fourth-order valence-electron chi connectivity index (χ4n) is 3.01. The topological polar surface area (TPSA) is 92.8 Å². The summed E-state index contributed by atoms with van der Waals surface area (Å²) in [5, 5.41) is 2.76. The molecule has 0 aliphatic carbocycles. The number of anilines is 2. The first-order chi connectivity index (χ1) is 13.1. The van der Waals surface area contributed by atoms with Crippen LogP contribution in [0.15, 0.2) is 36.4 Å². The van der Waals surface area contributed by atoms with Gasteiger partial charge in [-0.25, -0.2) is 12.7 Å². The Bertz CT molecular complexity index is 1070. The molecule has 1 heterocycles. The summed E-state index contributed by atoms with van der Waals surface area (Å²) in [7, 11) is -2.25. The van der Waals surface area contributed by atoms with E-state index in [0.29, 0.717) is 11.4 Å². The fourth-order valence-corrected chi connectivity index (χ4v) is 5.08. The van der Waals surface area contributed by atoms with Gasteiger partial charge in [-0.15, -0.1) is 0 Å². The predicted molar refractivity (Wildman–Crippen MR) is 108 cm³/mol. The van der Waals surface area contributed by atoms with Crippen LogP contribution in [-0.2, 0) is 14.8 Å². The third kappa shape index (κ3) is 3.70. The number of hydrogen-bond acceptors (Lipinski definition) is 5. The Hall–Kier alpha value is -2.58. The summed E-state index contributed by atoms with van der Waals surface area (Å²) in [5.41, 5.74) is 1.68. The highest BCUT2D eigenvalue weighted by atomic mass is 35.5. The number of ether oxygens (including phenoxy) is 1. The standard InChI is InChI=1S/C19H19ClN2O5S/c1-11-4-7-17(27-3)16(8-11)21-18(23)14-6-5-13(9-15(14)20)22-19(24)12(2)10-28(22,25)26/h4-9,12H,10H2,1-3H3,(H,21,23)/t12-/m1/s1. The van der Waals surface area contributed by atoms with Crippen LogP contribution in [0.25, 0.3) is 0 Å². The SMILES string of the molecule is COc1ccc(C)cc1NC(=O)c1ccc(N2C(=O)[C@H](C)CS2(=O)=O)cc1Cl. The van der Waals surface area contributed by atoms with Crippen LogP contribution >= 0.6 is 11.6 Å². The molecule has 1 fully saturated rings. The zero-order valence-electron chi connectivity index (χ0n) is 15.5. The van der Waals surface area contributed by atoms with Gasteiger partial charge in [-0.3, -0.25) is 9.59 Å². The van der Waals surface area contributed by atoms with Gasteiger partial charge < -0.3 is 10.1 Å². The molecule has 0 saturated carbocycles. The van der Waals surface area contributed by atoms with Crippen molar-refractivity contribution < 1.29 is 22.7 Å². The van der Waals surface area contributed by atoms with Crippen molar-refractivity contribution in [3.8, 4) is 5.75 Å². The Balaban J connectivity index is 1.90. The molecule has 2 amide bonds. The Labute approximate surface area is 168 Å². The van der Waals surface area contributed by atoms with E-state index >= 15 is 0 Å². The highest BCUT2D eigenvalue weighted by Gasteiger charge is 2.42. The number of amides is 2. The summed E-state index contributed by atoms with van der Waals surface area (Å²) in [6.07, 6.45) is 0. The van der Waals surface area contributed by atoms with Crippen molar-refractivity contribution in [3.05, 3.63) is 52.5 Å². The first-order valence-corrected chi connectivity index (χ1v) is 10.4. The maximum atomic E-state index is 12.6. The van der Waals surface area contributed by atoms with Crippen LogP contribution in [0, 0.1) is 12.8 Å². The first kappa shape index (κ1) is 20.2. The lowest BCUT2D eigenvalue weighted by atomic mass is 10.1. The highest BCUT2D eigenvalue weighted by Crippen LogP contribution is 2.32. The molecule has 1 aliphatic heterocycles. The van der Waals surface area contributed by atoms with Crippen molar-refractivity contribution in [3.63, 3.8) is 0 Å². The zero-order chi connectivity index (χ0) is 20.6. The van der Waals surface area contributed by atoms with Gasteiger partial charge in [-0.05, 0) is 42.8 Å². The van der Waals surface area contributed by atoms with Gasteiger partial charge in [0, 0.05) is 0 Å². The molecule has 0 aromatic heterocycles. The average Bonchev–Trinajstić information content (AvgIpc) is 2.82. The van der Waals surface area contributed by atoms with Gasteiger partial charge in [-0.1, -0.05) is 24.6 Å². The van der Waals surface area contributed by atoms with Crippen LogP contribution < -0.4 is 14.4 Å². The van der Waals surface area contributed by atoms with Gasteiger partial charge in [-0.2, -0.15) is 0 Å². The number of rotatable bonds is 4. The molecule has 0 radical (unpaired) electrons. The van der Waals surface area contributed by atoms with Gasteiger partial charge in [0.1, 0.15) is 5.75 Å². The van der Waals surface area contributed by atoms with Crippen molar-refractivity contribution in [2.75, 3.05) is 22.5 Å². The number of nitrogens with one attached hydrogen (secondary N) is 1. The fraction of sp³-hybridized carbons (Fsp3) is 0.263. The lowest BCUT2D eigenvalue weighted by Crippen LogP contribution is -2.30. The monoisotopic (exact) mass is 422 g/mol. The number of carbonyl (C=O) groups excluding carboxylic acids is 2. The van der Waals surface area contributed by atoms with E-state index in [1.54, 1.807) is 19.1 Å². The number of halogens is 1. The van der Waals surface area contributed by atoms with Crippen LogP contribution in [0.4, 0.5) is 11.4 Å². The second-order valence-electron chi connectivity index (χ2n) is 6.60. The van der Waals surface area contributed by atoms with Gasteiger partial charge >= 0.3 is 0 Å².